The maximum atomic E-state index is 13.1. The molecule has 39 heavy (non-hydrogen) atoms. The Kier molecular flexibility index (Phi) is 8.96. The van der Waals surface area contributed by atoms with Crippen molar-refractivity contribution in [3.63, 3.8) is 0 Å². The number of benzene rings is 4. The number of nitrogens with one attached hydrogen (secondary N) is 3. The summed E-state index contributed by atoms with van der Waals surface area (Å²) < 4.78 is 10.9. The molecule has 4 aromatic rings. The highest BCUT2D eigenvalue weighted by Gasteiger charge is 2.20. The van der Waals surface area contributed by atoms with Crippen molar-refractivity contribution in [2.75, 3.05) is 36.8 Å². The number of urea groups is 1. The standard InChI is InChI=1S/C30H30N4O4S/c1-37-26-17-12-21(18-27(26)38-2)28(34-30(36)32-22-13-15-23(39-3)16-14-22)19-8-10-20(11-9-19)29(35)33-25-7-5-4-6-24(25)31/h4-18,28H,31H2,1-3H3,(H,33,35)(H2,32,34,36). The molecular formula is C30H30N4O4S. The van der Waals surface area contributed by atoms with Gasteiger partial charge in [0, 0.05) is 16.1 Å². The average molecular weight is 543 g/mol. The van der Waals surface area contributed by atoms with Gasteiger partial charge in [-0.2, -0.15) is 0 Å². The Morgan fingerprint density at radius 1 is 0.795 bits per heavy atom. The molecule has 1 unspecified atom stereocenters. The number of carbonyl (C=O) groups excluding carboxylic acids is 2. The number of anilines is 3. The zero-order chi connectivity index (χ0) is 27.8. The molecule has 0 radical (unpaired) electrons. The van der Waals surface area contributed by atoms with Crippen LogP contribution in [-0.2, 0) is 0 Å². The van der Waals surface area contributed by atoms with Gasteiger partial charge >= 0.3 is 6.03 Å². The van der Waals surface area contributed by atoms with Crippen LogP contribution in [0.4, 0.5) is 21.9 Å². The summed E-state index contributed by atoms with van der Waals surface area (Å²) in [5, 5.41) is 8.75. The number of thioether (sulfide) groups is 1. The number of hydrogen-bond donors (Lipinski definition) is 4. The van der Waals surface area contributed by atoms with Crippen molar-refractivity contribution in [2.45, 2.75) is 10.9 Å². The molecule has 0 saturated heterocycles. The lowest BCUT2D eigenvalue weighted by Gasteiger charge is -2.22. The van der Waals surface area contributed by atoms with E-state index in [0.29, 0.717) is 34.1 Å². The van der Waals surface area contributed by atoms with E-state index in [4.69, 9.17) is 15.2 Å². The number of amides is 3. The lowest BCUT2D eigenvalue weighted by atomic mass is 9.97. The van der Waals surface area contributed by atoms with Gasteiger partial charge < -0.3 is 31.2 Å². The normalized spacial score (nSPS) is 11.3. The predicted octanol–water partition coefficient (Wildman–Crippen LogP) is 6.17. The quantitative estimate of drug-likeness (QED) is 0.149. The number of rotatable bonds is 9. The molecule has 0 aliphatic heterocycles. The number of hydrogen-bond acceptors (Lipinski definition) is 6. The zero-order valence-corrected chi connectivity index (χ0v) is 22.7. The highest BCUT2D eigenvalue weighted by atomic mass is 32.2. The Morgan fingerprint density at radius 2 is 1.46 bits per heavy atom. The Hall–Kier alpha value is -4.63. The molecule has 0 bridgehead atoms. The first kappa shape index (κ1) is 27.4. The van der Waals surface area contributed by atoms with E-state index in [1.807, 2.05) is 42.7 Å². The molecule has 4 aromatic carbocycles. The van der Waals surface area contributed by atoms with E-state index in [9.17, 15) is 9.59 Å². The van der Waals surface area contributed by atoms with Gasteiger partial charge in [-0.05, 0) is 78.0 Å². The summed E-state index contributed by atoms with van der Waals surface area (Å²) >= 11 is 1.63. The third-order valence-corrected chi connectivity index (χ3v) is 6.82. The fourth-order valence-electron chi connectivity index (χ4n) is 4.00. The van der Waals surface area contributed by atoms with Crippen LogP contribution in [0.3, 0.4) is 0 Å². The molecule has 0 aromatic heterocycles. The monoisotopic (exact) mass is 542 g/mol. The molecule has 0 saturated carbocycles. The summed E-state index contributed by atoms with van der Waals surface area (Å²) in [6, 6.07) is 26.2. The lowest BCUT2D eigenvalue weighted by molar-refractivity contribution is 0.102. The average Bonchev–Trinajstić information content (AvgIpc) is 2.97. The number of methoxy groups -OCH3 is 2. The van der Waals surface area contributed by atoms with Gasteiger partial charge in [0.2, 0.25) is 0 Å². The van der Waals surface area contributed by atoms with Crippen molar-refractivity contribution in [1.29, 1.82) is 0 Å². The van der Waals surface area contributed by atoms with Crippen molar-refractivity contribution in [3.8, 4) is 11.5 Å². The minimum Gasteiger partial charge on any atom is -0.493 e. The first-order valence-electron chi connectivity index (χ1n) is 12.1. The van der Waals surface area contributed by atoms with Gasteiger partial charge in [0.1, 0.15) is 0 Å². The van der Waals surface area contributed by atoms with E-state index < -0.39 is 6.04 Å². The number of nitrogen functional groups attached to an aromatic ring is 1. The molecule has 1 atom stereocenters. The van der Waals surface area contributed by atoms with Gasteiger partial charge in [0.25, 0.3) is 5.91 Å². The van der Waals surface area contributed by atoms with Gasteiger partial charge in [0.05, 0.1) is 31.6 Å². The first-order chi connectivity index (χ1) is 18.9. The topological polar surface area (TPSA) is 115 Å². The molecule has 0 aliphatic carbocycles. The molecule has 0 heterocycles. The Morgan fingerprint density at radius 3 is 2.10 bits per heavy atom. The minimum absolute atomic E-state index is 0.290. The molecule has 8 nitrogen and oxygen atoms in total. The van der Waals surface area contributed by atoms with E-state index in [2.05, 4.69) is 16.0 Å². The first-order valence-corrected chi connectivity index (χ1v) is 13.3. The molecule has 200 valence electrons. The minimum atomic E-state index is -0.544. The van der Waals surface area contributed by atoms with Crippen LogP contribution in [0.2, 0.25) is 0 Å². The van der Waals surface area contributed by atoms with Gasteiger partial charge in [-0.3, -0.25) is 4.79 Å². The van der Waals surface area contributed by atoms with Gasteiger partial charge in [0.15, 0.2) is 11.5 Å². The van der Waals surface area contributed by atoms with Crippen LogP contribution in [0.25, 0.3) is 0 Å². The summed E-state index contributed by atoms with van der Waals surface area (Å²) in [4.78, 5) is 27.0. The van der Waals surface area contributed by atoms with Crippen molar-refractivity contribution >= 4 is 40.8 Å². The Labute approximate surface area is 231 Å². The molecule has 0 spiro atoms. The maximum absolute atomic E-state index is 13.1. The summed E-state index contributed by atoms with van der Waals surface area (Å²) in [5.41, 5.74) is 9.64. The number of para-hydroxylation sites is 2. The maximum Gasteiger partial charge on any atom is 0.319 e. The molecule has 5 N–H and O–H groups in total. The van der Waals surface area contributed by atoms with E-state index in [0.717, 1.165) is 16.0 Å². The summed E-state index contributed by atoms with van der Waals surface area (Å²) in [6.07, 6.45) is 1.99. The highest BCUT2D eigenvalue weighted by Crippen LogP contribution is 2.32. The number of carbonyl (C=O) groups is 2. The van der Waals surface area contributed by atoms with Crippen molar-refractivity contribution in [1.82, 2.24) is 5.32 Å². The van der Waals surface area contributed by atoms with Crippen LogP contribution < -0.4 is 31.2 Å². The van der Waals surface area contributed by atoms with Crippen LogP contribution in [0, 0.1) is 0 Å². The number of ether oxygens (including phenoxy) is 2. The van der Waals surface area contributed by atoms with Crippen molar-refractivity contribution < 1.29 is 19.1 Å². The molecule has 4 rings (SSSR count). The van der Waals surface area contributed by atoms with Gasteiger partial charge in [-0.15, -0.1) is 11.8 Å². The Balaban J connectivity index is 1.59. The molecule has 3 amide bonds. The van der Waals surface area contributed by atoms with Crippen LogP contribution in [0.1, 0.15) is 27.5 Å². The van der Waals surface area contributed by atoms with Crippen LogP contribution >= 0.6 is 11.8 Å². The van der Waals surface area contributed by atoms with Gasteiger partial charge in [-0.25, -0.2) is 4.79 Å². The fourth-order valence-corrected chi connectivity index (χ4v) is 4.40. The summed E-state index contributed by atoms with van der Waals surface area (Å²) in [6.45, 7) is 0. The summed E-state index contributed by atoms with van der Waals surface area (Å²) in [7, 11) is 3.12. The van der Waals surface area contributed by atoms with Crippen LogP contribution in [-0.4, -0.2) is 32.4 Å². The smallest absolute Gasteiger partial charge is 0.319 e. The lowest BCUT2D eigenvalue weighted by Crippen LogP contribution is -2.33. The Bertz CT molecular complexity index is 1440. The van der Waals surface area contributed by atoms with Crippen molar-refractivity contribution in [2.24, 2.45) is 0 Å². The molecule has 9 heteroatoms. The van der Waals surface area contributed by atoms with E-state index in [1.54, 1.807) is 80.6 Å². The largest absolute Gasteiger partial charge is 0.493 e. The van der Waals surface area contributed by atoms with Crippen LogP contribution in [0.5, 0.6) is 11.5 Å². The van der Waals surface area contributed by atoms with E-state index in [1.165, 1.54) is 0 Å². The van der Waals surface area contributed by atoms with E-state index in [-0.39, 0.29) is 11.9 Å². The highest BCUT2D eigenvalue weighted by molar-refractivity contribution is 7.98. The van der Waals surface area contributed by atoms with Crippen molar-refractivity contribution in [3.05, 3.63) is 108 Å². The third-order valence-electron chi connectivity index (χ3n) is 6.08. The fraction of sp³-hybridized carbons (Fsp3) is 0.133. The second-order valence-corrected chi connectivity index (χ2v) is 9.42. The summed E-state index contributed by atoms with van der Waals surface area (Å²) in [5.74, 6) is 0.818. The molecule has 0 aliphatic rings. The van der Waals surface area contributed by atoms with E-state index >= 15 is 0 Å². The molecular weight excluding hydrogens is 512 g/mol. The second kappa shape index (κ2) is 12.7. The second-order valence-electron chi connectivity index (χ2n) is 8.54. The zero-order valence-electron chi connectivity index (χ0n) is 21.9. The third kappa shape index (κ3) is 6.82. The number of nitrogens with two attached hydrogens (primary N) is 1. The van der Waals surface area contributed by atoms with Gasteiger partial charge in [-0.1, -0.05) is 30.3 Å². The van der Waals surface area contributed by atoms with Crippen LogP contribution in [0.15, 0.2) is 95.9 Å². The molecule has 0 fully saturated rings. The SMILES string of the molecule is COc1ccc(C(NC(=O)Nc2ccc(SC)cc2)c2ccc(C(=O)Nc3ccccc3N)cc2)cc1OC. The predicted molar refractivity (Wildman–Crippen MR) is 157 cm³/mol.